The van der Waals surface area contributed by atoms with E-state index in [-0.39, 0.29) is 12.0 Å². The Labute approximate surface area is 108 Å². The maximum Gasteiger partial charge on any atom is 0.389 e. The molecule has 5 heteroatoms. The number of hydrogen-bond acceptors (Lipinski definition) is 2. The standard InChI is InChI=1S/C13H25F3N2/c1-10-4-7-12(8-5-10,18(2)3)11(17)6-9-13(14,15)16/h10-11H,4-9,17H2,1-3H3. The van der Waals surface area contributed by atoms with Gasteiger partial charge in [-0.05, 0) is 52.1 Å². The molecule has 1 saturated carbocycles. The van der Waals surface area contributed by atoms with Crippen LogP contribution < -0.4 is 5.73 Å². The van der Waals surface area contributed by atoms with E-state index in [9.17, 15) is 13.2 Å². The maximum atomic E-state index is 12.3. The van der Waals surface area contributed by atoms with Gasteiger partial charge in [0.2, 0.25) is 0 Å². The van der Waals surface area contributed by atoms with Crippen LogP contribution in [0.2, 0.25) is 0 Å². The Morgan fingerprint density at radius 3 is 2.17 bits per heavy atom. The molecule has 0 aromatic heterocycles. The highest BCUT2D eigenvalue weighted by atomic mass is 19.4. The zero-order valence-corrected chi connectivity index (χ0v) is 11.6. The first-order valence-corrected chi connectivity index (χ1v) is 6.67. The summed E-state index contributed by atoms with van der Waals surface area (Å²) in [6, 6.07) is -0.401. The normalized spacial score (nSPS) is 31.7. The van der Waals surface area contributed by atoms with Crippen molar-refractivity contribution in [2.24, 2.45) is 11.7 Å². The number of nitrogens with two attached hydrogens (primary N) is 1. The summed E-state index contributed by atoms with van der Waals surface area (Å²) in [5, 5.41) is 0. The number of hydrogen-bond donors (Lipinski definition) is 1. The smallest absolute Gasteiger partial charge is 0.326 e. The molecular formula is C13H25F3N2. The number of rotatable bonds is 4. The molecule has 1 aliphatic carbocycles. The van der Waals surface area contributed by atoms with Crippen LogP contribution in [0.25, 0.3) is 0 Å². The second kappa shape index (κ2) is 5.78. The van der Waals surface area contributed by atoms with E-state index in [0.29, 0.717) is 5.92 Å². The molecule has 1 aliphatic rings. The molecule has 0 aromatic carbocycles. The molecule has 1 unspecified atom stereocenters. The van der Waals surface area contributed by atoms with Crippen molar-refractivity contribution < 1.29 is 13.2 Å². The van der Waals surface area contributed by atoms with Crippen LogP contribution in [0.4, 0.5) is 13.2 Å². The topological polar surface area (TPSA) is 29.3 Å². The van der Waals surface area contributed by atoms with Gasteiger partial charge in [-0.2, -0.15) is 13.2 Å². The van der Waals surface area contributed by atoms with E-state index in [1.807, 2.05) is 19.0 Å². The van der Waals surface area contributed by atoms with E-state index in [4.69, 9.17) is 5.73 Å². The van der Waals surface area contributed by atoms with Crippen molar-refractivity contribution >= 4 is 0 Å². The quantitative estimate of drug-likeness (QED) is 0.847. The molecule has 0 aliphatic heterocycles. The van der Waals surface area contributed by atoms with Crippen LogP contribution in [0.1, 0.15) is 45.4 Å². The molecule has 1 atom stereocenters. The largest absolute Gasteiger partial charge is 0.389 e. The molecule has 0 heterocycles. The van der Waals surface area contributed by atoms with E-state index < -0.39 is 18.6 Å². The summed E-state index contributed by atoms with van der Waals surface area (Å²) in [6.07, 6.45) is -0.946. The average molecular weight is 266 g/mol. The molecule has 0 aromatic rings. The van der Waals surface area contributed by atoms with Crippen LogP contribution in [-0.2, 0) is 0 Å². The van der Waals surface area contributed by atoms with Crippen molar-refractivity contribution in [3.05, 3.63) is 0 Å². The van der Waals surface area contributed by atoms with E-state index in [0.717, 1.165) is 25.7 Å². The maximum absolute atomic E-state index is 12.3. The summed E-state index contributed by atoms with van der Waals surface area (Å²) >= 11 is 0. The van der Waals surface area contributed by atoms with Gasteiger partial charge in [0.15, 0.2) is 0 Å². The lowest BCUT2D eigenvalue weighted by molar-refractivity contribution is -0.138. The monoisotopic (exact) mass is 266 g/mol. The van der Waals surface area contributed by atoms with Gasteiger partial charge in [0.05, 0.1) is 0 Å². The molecule has 18 heavy (non-hydrogen) atoms. The molecular weight excluding hydrogens is 241 g/mol. The van der Waals surface area contributed by atoms with E-state index >= 15 is 0 Å². The van der Waals surface area contributed by atoms with E-state index in [2.05, 4.69) is 6.92 Å². The number of halogens is 3. The van der Waals surface area contributed by atoms with Gasteiger partial charge in [-0.25, -0.2) is 0 Å². The first kappa shape index (κ1) is 15.8. The van der Waals surface area contributed by atoms with Gasteiger partial charge in [0, 0.05) is 18.0 Å². The molecule has 0 amide bonds. The van der Waals surface area contributed by atoms with Gasteiger partial charge in [-0.3, -0.25) is 0 Å². The lowest BCUT2D eigenvalue weighted by atomic mass is 9.71. The Bertz CT molecular complexity index is 255. The first-order chi connectivity index (χ1) is 8.17. The predicted octanol–water partition coefficient (Wildman–Crippen LogP) is 3.17. The fraction of sp³-hybridized carbons (Fsp3) is 1.00. The van der Waals surface area contributed by atoms with Crippen LogP contribution in [0, 0.1) is 5.92 Å². The minimum atomic E-state index is -4.10. The van der Waals surface area contributed by atoms with E-state index in [1.165, 1.54) is 0 Å². The van der Waals surface area contributed by atoms with Gasteiger partial charge in [0.1, 0.15) is 0 Å². The van der Waals surface area contributed by atoms with Gasteiger partial charge >= 0.3 is 6.18 Å². The first-order valence-electron chi connectivity index (χ1n) is 6.67. The van der Waals surface area contributed by atoms with Gasteiger partial charge in [0.25, 0.3) is 0 Å². The summed E-state index contributed by atoms with van der Waals surface area (Å²) in [5.41, 5.74) is 5.84. The zero-order chi connectivity index (χ0) is 14.0. The number of alkyl halides is 3. The van der Waals surface area contributed by atoms with Gasteiger partial charge in [-0.1, -0.05) is 6.92 Å². The van der Waals surface area contributed by atoms with E-state index in [1.54, 1.807) is 0 Å². The minimum absolute atomic E-state index is 0.0239. The lowest BCUT2D eigenvalue weighted by Gasteiger charge is -2.48. The summed E-state index contributed by atoms with van der Waals surface area (Å²) in [4.78, 5) is 2.04. The molecule has 2 N–H and O–H groups in total. The second-order valence-corrected chi connectivity index (χ2v) is 5.94. The third-order valence-electron chi connectivity index (χ3n) is 4.46. The zero-order valence-electron chi connectivity index (χ0n) is 11.6. The van der Waals surface area contributed by atoms with Crippen LogP contribution in [0.15, 0.2) is 0 Å². The van der Waals surface area contributed by atoms with Gasteiger partial charge < -0.3 is 10.6 Å². The lowest BCUT2D eigenvalue weighted by Crippen LogP contribution is -2.59. The van der Waals surface area contributed by atoms with Crippen molar-refractivity contribution in [3.8, 4) is 0 Å². The fourth-order valence-electron chi connectivity index (χ4n) is 3.00. The Morgan fingerprint density at radius 1 is 1.28 bits per heavy atom. The summed E-state index contributed by atoms with van der Waals surface area (Å²) in [6.45, 7) is 2.20. The van der Waals surface area contributed by atoms with Crippen LogP contribution in [0.5, 0.6) is 0 Å². The Hall–Kier alpha value is -0.290. The Kier molecular flexibility index (Phi) is 5.06. The van der Waals surface area contributed by atoms with Crippen molar-refractivity contribution in [1.82, 2.24) is 4.90 Å². The average Bonchev–Trinajstić information content (AvgIpc) is 2.26. The molecule has 108 valence electrons. The third-order valence-corrected chi connectivity index (χ3v) is 4.46. The number of likely N-dealkylation sites (N-methyl/N-ethyl adjacent to an activating group) is 1. The van der Waals surface area contributed by atoms with Gasteiger partial charge in [-0.15, -0.1) is 0 Å². The minimum Gasteiger partial charge on any atom is -0.326 e. The highest BCUT2D eigenvalue weighted by molar-refractivity contribution is 5.00. The number of nitrogens with zero attached hydrogens (tertiary/aromatic N) is 1. The van der Waals surface area contributed by atoms with Crippen molar-refractivity contribution in [2.75, 3.05) is 14.1 Å². The summed E-state index contributed by atoms with van der Waals surface area (Å²) < 4.78 is 36.9. The SMILES string of the molecule is CC1CCC(C(N)CCC(F)(F)F)(N(C)C)CC1. The molecule has 1 fully saturated rings. The molecule has 0 spiro atoms. The highest BCUT2D eigenvalue weighted by Gasteiger charge is 2.42. The molecule has 2 nitrogen and oxygen atoms in total. The van der Waals surface area contributed by atoms with Crippen LogP contribution >= 0.6 is 0 Å². The molecule has 0 radical (unpaired) electrons. The summed E-state index contributed by atoms with van der Waals surface area (Å²) in [7, 11) is 3.87. The Balaban J connectivity index is 2.67. The van der Waals surface area contributed by atoms with Crippen molar-refractivity contribution in [2.45, 2.75) is 63.2 Å². The fourth-order valence-corrected chi connectivity index (χ4v) is 3.00. The highest BCUT2D eigenvalue weighted by Crippen LogP contribution is 2.39. The van der Waals surface area contributed by atoms with Crippen molar-refractivity contribution in [3.63, 3.8) is 0 Å². The third kappa shape index (κ3) is 3.85. The van der Waals surface area contributed by atoms with Crippen LogP contribution in [0.3, 0.4) is 0 Å². The molecule has 0 saturated heterocycles. The van der Waals surface area contributed by atoms with Crippen LogP contribution in [-0.4, -0.2) is 36.8 Å². The second-order valence-electron chi connectivity index (χ2n) is 5.94. The van der Waals surface area contributed by atoms with Crippen molar-refractivity contribution in [1.29, 1.82) is 0 Å². The molecule has 0 bridgehead atoms. The molecule has 1 rings (SSSR count). The summed E-state index contributed by atoms with van der Waals surface area (Å²) in [5.74, 6) is 0.660. The Morgan fingerprint density at radius 2 is 1.78 bits per heavy atom. The predicted molar refractivity (Wildman–Crippen MR) is 67.3 cm³/mol.